The SMILES string of the molecule is CCN(CCC(C)(CC)c1ncon1)C(=O)NC. The Kier molecular flexibility index (Phi) is 5.12. The molecule has 1 heterocycles. The van der Waals surface area contributed by atoms with E-state index in [2.05, 4.69) is 29.3 Å². The molecular formula is C12H22N4O2. The first-order chi connectivity index (χ1) is 8.57. The Hall–Kier alpha value is -1.59. The standard InChI is InChI=1S/C12H22N4O2/c1-5-12(3,10-14-9-18-15-10)7-8-16(6-2)11(17)13-4/h9H,5-8H2,1-4H3,(H,13,17). The van der Waals surface area contributed by atoms with Gasteiger partial charge in [0, 0.05) is 25.6 Å². The van der Waals surface area contributed by atoms with E-state index in [0.29, 0.717) is 18.9 Å². The van der Waals surface area contributed by atoms with Gasteiger partial charge in [-0.1, -0.05) is 19.0 Å². The molecule has 18 heavy (non-hydrogen) atoms. The summed E-state index contributed by atoms with van der Waals surface area (Å²) in [5.74, 6) is 0.706. The molecule has 0 fully saturated rings. The molecule has 0 aliphatic carbocycles. The molecule has 6 nitrogen and oxygen atoms in total. The fourth-order valence-corrected chi connectivity index (χ4v) is 1.83. The Balaban J connectivity index is 2.67. The zero-order valence-electron chi connectivity index (χ0n) is 11.6. The molecule has 0 saturated carbocycles. The van der Waals surface area contributed by atoms with Gasteiger partial charge in [-0.15, -0.1) is 0 Å². The van der Waals surface area contributed by atoms with Gasteiger partial charge in [0.05, 0.1) is 0 Å². The van der Waals surface area contributed by atoms with Crippen LogP contribution in [-0.4, -0.2) is 41.2 Å². The Morgan fingerprint density at radius 1 is 1.56 bits per heavy atom. The molecule has 1 N–H and O–H groups in total. The van der Waals surface area contributed by atoms with Crippen LogP contribution in [0.15, 0.2) is 10.9 Å². The largest absolute Gasteiger partial charge is 0.343 e. The average Bonchev–Trinajstić information content (AvgIpc) is 2.93. The lowest BCUT2D eigenvalue weighted by molar-refractivity contribution is 0.195. The smallest absolute Gasteiger partial charge is 0.317 e. The highest BCUT2D eigenvalue weighted by molar-refractivity contribution is 5.73. The summed E-state index contributed by atoms with van der Waals surface area (Å²) in [5, 5.41) is 6.57. The molecule has 0 saturated heterocycles. The fraction of sp³-hybridized carbons (Fsp3) is 0.750. The van der Waals surface area contributed by atoms with E-state index in [1.165, 1.54) is 6.39 Å². The molecule has 1 aromatic rings. The average molecular weight is 254 g/mol. The van der Waals surface area contributed by atoms with E-state index in [1.54, 1.807) is 11.9 Å². The molecule has 0 aromatic carbocycles. The molecule has 1 rings (SSSR count). The minimum Gasteiger partial charge on any atom is -0.343 e. The summed E-state index contributed by atoms with van der Waals surface area (Å²) in [6, 6.07) is -0.0518. The highest BCUT2D eigenvalue weighted by Crippen LogP contribution is 2.28. The van der Waals surface area contributed by atoms with Gasteiger partial charge in [0.25, 0.3) is 0 Å². The van der Waals surface area contributed by atoms with Crippen molar-refractivity contribution in [1.29, 1.82) is 0 Å². The second-order valence-electron chi connectivity index (χ2n) is 4.55. The van der Waals surface area contributed by atoms with Crippen molar-refractivity contribution in [2.45, 2.75) is 39.0 Å². The zero-order valence-corrected chi connectivity index (χ0v) is 11.6. The first kappa shape index (κ1) is 14.5. The normalized spacial score (nSPS) is 14.0. The van der Waals surface area contributed by atoms with Crippen molar-refractivity contribution in [3.63, 3.8) is 0 Å². The third-order valence-electron chi connectivity index (χ3n) is 3.50. The summed E-state index contributed by atoms with van der Waals surface area (Å²) < 4.78 is 4.81. The Bertz CT molecular complexity index is 366. The number of nitrogens with one attached hydrogen (secondary N) is 1. The molecule has 0 aliphatic heterocycles. The molecule has 0 aliphatic rings. The topological polar surface area (TPSA) is 71.3 Å². The van der Waals surface area contributed by atoms with Crippen LogP contribution in [0.1, 0.15) is 39.4 Å². The number of rotatable bonds is 6. The number of urea groups is 1. The van der Waals surface area contributed by atoms with Gasteiger partial charge in [-0.25, -0.2) is 4.79 Å². The Labute approximate surface area is 108 Å². The number of carbonyl (C=O) groups excluding carboxylic acids is 1. The minimum absolute atomic E-state index is 0.0518. The predicted octanol–water partition coefficient (Wildman–Crippen LogP) is 1.79. The maximum Gasteiger partial charge on any atom is 0.317 e. The van der Waals surface area contributed by atoms with Crippen molar-refractivity contribution in [2.75, 3.05) is 20.1 Å². The molecule has 0 radical (unpaired) electrons. The van der Waals surface area contributed by atoms with Crippen molar-refractivity contribution in [3.8, 4) is 0 Å². The van der Waals surface area contributed by atoms with Crippen molar-refractivity contribution >= 4 is 6.03 Å². The van der Waals surface area contributed by atoms with Crippen molar-refractivity contribution in [3.05, 3.63) is 12.2 Å². The van der Waals surface area contributed by atoms with Gasteiger partial charge in [-0.05, 0) is 19.8 Å². The first-order valence-corrected chi connectivity index (χ1v) is 6.31. The summed E-state index contributed by atoms with van der Waals surface area (Å²) >= 11 is 0. The predicted molar refractivity (Wildman–Crippen MR) is 68.3 cm³/mol. The van der Waals surface area contributed by atoms with Gasteiger partial charge < -0.3 is 14.7 Å². The number of carbonyl (C=O) groups is 1. The molecule has 6 heteroatoms. The van der Waals surface area contributed by atoms with Crippen LogP contribution in [-0.2, 0) is 5.41 Å². The maximum absolute atomic E-state index is 11.6. The van der Waals surface area contributed by atoms with Gasteiger partial charge in [0.1, 0.15) is 0 Å². The van der Waals surface area contributed by atoms with E-state index in [1.807, 2.05) is 6.92 Å². The molecular weight excluding hydrogens is 232 g/mol. The number of hydrogen-bond acceptors (Lipinski definition) is 4. The van der Waals surface area contributed by atoms with E-state index in [-0.39, 0.29) is 11.4 Å². The fourth-order valence-electron chi connectivity index (χ4n) is 1.83. The van der Waals surface area contributed by atoms with E-state index in [0.717, 1.165) is 12.8 Å². The highest BCUT2D eigenvalue weighted by atomic mass is 16.5. The van der Waals surface area contributed by atoms with Gasteiger partial charge >= 0.3 is 6.03 Å². The van der Waals surface area contributed by atoms with Crippen molar-refractivity contribution < 1.29 is 9.32 Å². The molecule has 0 bridgehead atoms. The van der Waals surface area contributed by atoms with Crippen LogP contribution in [0.25, 0.3) is 0 Å². The molecule has 102 valence electrons. The molecule has 0 spiro atoms. The summed E-state index contributed by atoms with van der Waals surface area (Å²) in [4.78, 5) is 17.5. The third-order valence-corrected chi connectivity index (χ3v) is 3.50. The lowest BCUT2D eigenvalue weighted by Crippen LogP contribution is -2.40. The quantitative estimate of drug-likeness (QED) is 0.840. The summed E-state index contributed by atoms with van der Waals surface area (Å²) in [7, 11) is 1.64. The first-order valence-electron chi connectivity index (χ1n) is 6.31. The van der Waals surface area contributed by atoms with Crippen LogP contribution in [0.5, 0.6) is 0 Å². The third kappa shape index (κ3) is 3.21. The minimum atomic E-state index is -0.158. The molecule has 1 atom stereocenters. The zero-order chi connectivity index (χ0) is 13.6. The maximum atomic E-state index is 11.6. The Morgan fingerprint density at radius 3 is 2.72 bits per heavy atom. The van der Waals surface area contributed by atoms with Gasteiger partial charge in [-0.2, -0.15) is 4.98 Å². The monoisotopic (exact) mass is 254 g/mol. The van der Waals surface area contributed by atoms with Crippen LogP contribution in [0.4, 0.5) is 4.79 Å². The highest BCUT2D eigenvalue weighted by Gasteiger charge is 2.30. The van der Waals surface area contributed by atoms with Crippen molar-refractivity contribution in [1.82, 2.24) is 20.4 Å². The summed E-state index contributed by atoms with van der Waals surface area (Å²) in [6.45, 7) is 7.51. The van der Waals surface area contributed by atoms with Crippen LogP contribution < -0.4 is 5.32 Å². The molecule has 1 aromatic heterocycles. The Morgan fingerprint density at radius 2 is 2.28 bits per heavy atom. The van der Waals surface area contributed by atoms with Crippen LogP contribution in [0.3, 0.4) is 0 Å². The summed E-state index contributed by atoms with van der Waals surface area (Å²) in [6.07, 6.45) is 3.06. The summed E-state index contributed by atoms with van der Waals surface area (Å²) in [5.41, 5.74) is -0.158. The number of hydrogen-bond donors (Lipinski definition) is 1. The van der Waals surface area contributed by atoms with Crippen LogP contribution in [0, 0.1) is 0 Å². The van der Waals surface area contributed by atoms with Crippen LogP contribution in [0.2, 0.25) is 0 Å². The number of aromatic nitrogens is 2. The van der Waals surface area contributed by atoms with Gasteiger partial charge in [0.15, 0.2) is 5.82 Å². The molecule has 1 unspecified atom stereocenters. The number of nitrogens with zero attached hydrogens (tertiary/aromatic N) is 3. The lowest BCUT2D eigenvalue weighted by Gasteiger charge is -2.28. The second-order valence-corrected chi connectivity index (χ2v) is 4.55. The van der Waals surface area contributed by atoms with E-state index >= 15 is 0 Å². The van der Waals surface area contributed by atoms with Crippen molar-refractivity contribution in [2.24, 2.45) is 0 Å². The second kappa shape index (κ2) is 6.37. The molecule has 2 amide bonds. The van der Waals surface area contributed by atoms with Crippen LogP contribution >= 0.6 is 0 Å². The van der Waals surface area contributed by atoms with Gasteiger partial charge in [0.2, 0.25) is 6.39 Å². The van der Waals surface area contributed by atoms with E-state index in [4.69, 9.17) is 4.52 Å². The van der Waals surface area contributed by atoms with Gasteiger partial charge in [-0.3, -0.25) is 0 Å². The van der Waals surface area contributed by atoms with E-state index < -0.39 is 0 Å². The van der Waals surface area contributed by atoms with E-state index in [9.17, 15) is 4.79 Å². The number of amides is 2. The lowest BCUT2D eigenvalue weighted by atomic mass is 9.83.